The lowest BCUT2D eigenvalue weighted by Gasteiger charge is -1.99. The van der Waals surface area contributed by atoms with Gasteiger partial charge in [0, 0.05) is 12.7 Å². The van der Waals surface area contributed by atoms with Crippen molar-refractivity contribution in [2.24, 2.45) is 0 Å². The molecule has 1 rings (SSSR count). The average Bonchev–Trinajstić information content (AvgIpc) is 2.37. The van der Waals surface area contributed by atoms with Gasteiger partial charge in [0.25, 0.3) is 5.91 Å². The van der Waals surface area contributed by atoms with Crippen molar-refractivity contribution in [1.82, 2.24) is 5.16 Å². The lowest BCUT2D eigenvalue weighted by atomic mass is 10.3. The summed E-state index contributed by atoms with van der Waals surface area (Å²) in [6.07, 6.45) is 0. The SMILES string of the molecule is COCC(=O)Nc1noc(C)c1C. The molecule has 1 N–H and O–H groups in total. The van der Waals surface area contributed by atoms with Crippen molar-refractivity contribution in [3.05, 3.63) is 11.3 Å². The van der Waals surface area contributed by atoms with Gasteiger partial charge in [-0.15, -0.1) is 0 Å². The lowest BCUT2D eigenvalue weighted by Crippen LogP contribution is -2.17. The standard InChI is InChI=1S/C8H12N2O3/c1-5-6(2)13-10-8(5)9-7(11)4-12-3/h4H2,1-3H3,(H,9,10,11). The normalized spacial score (nSPS) is 10.1. The summed E-state index contributed by atoms with van der Waals surface area (Å²) in [4.78, 5) is 11.1. The Morgan fingerprint density at radius 1 is 1.62 bits per heavy atom. The molecule has 0 aliphatic rings. The van der Waals surface area contributed by atoms with Crippen LogP contribution >= 0.6 is 0 Å². The molecule has 0 saturated heterocycles. The molecule has 1 heterocycles. The predicted molar refractivity (Wildman–Crippen MR) is 46.5 cm³/mol. The number of rotatable bonds is 3. The summed E-state index contributed by atoms with van der Waals surface area (Å²) in [7, 11) is 1.46. The molecule has 1 aromatic heterocycles. The Morgan fingerprint density at radius 3 is 2.77 bits per heavy atom. The van der Waals surface area contributed by atoms with Gasteiger partial charge >= 0.3 is 0 Å². The summed E-state index contributed by atoms with van der Waals surface area (Å²) in [5.74, 6) is 0.922. The van der Waals surface area contributed by atoms with Crippen LogP contribution in [0.5, 0.6) is 0 Å². The molecule has 1 aromatic rings. The maximum absolute atomic E-state index is 11.1. The fourth-order valence-corrected chi connectivity index (χ4v) is 0.834. The lowest BCUT2D eigenvalue weighted by molar-refractivity contribution is -0.119. The molecule has 0 fully saturated rings. The fourth-order valence-electron chi connectivity index (χ4n) is 0.834. The minimum Gasteiger partial charge on any atom is -0.375 e. The molecule has 0 radical (unpaired) electrons. The van der Waals surface area contributed by atoms with E-state index in [-0.39, 0.29) is 12.5 Å². The third kappa shape index (κ3) is 2.29. The van der Waals surface area contributed by atoms with Crippen molar-refractivity contribution in [2.45, 2.75) is 13.8 Å². The van der Waals surface area contributed by atoms with E-state index in [2.05, 4.69) is 15.2 Å². The molecule has 72 valence electrons. The molecule has 1 amide bonds. The number of aromatic nitrogens is 1. The smallest absolute Gasteiger partial charge is 0.251 e. The average molecular weight is 184 g/mol. The summed E-state index contributed by atoms with van der Waals surface area (Å²) in [5, 5.41) is 6.24. The zero-order valence-corrected chi connectivity index (χ0v) is 7.88. The van der Waals surface area contributed by atoms with Gasteiger partial charge in [-0.2, -0.15) is 0 Å². The van der Waals surface area contributed by atoms with E-state index in [4.69, 9.17) is 4.52 Å². The van der Waals surface area contributed by atoms with Gasteiger partial charge in [0.15, 0.2) is 5.82 Å². The number of methoxy groups -OCH3 is 1. The van der Waals surface area contributed by atoms with Crippen LogP contribution in [0.2, 0.25) is 0 Å². The Hall–Kier alpha value is -1.36. The number of carbonyl (C=O) groups excluding carboxylic acids is 1. The summed E-state index contributed by atoms with van der Waals surface area (Å²) in [6.45, 7) is 3.63. The van der Waals surface area contributed by atoms with Crippen molar-refractivity contribution in [2.75, 3.05) is 19.0 Å². The van der Waals surface area contributed by atoms with E-state index in [1.165, 1.54) is 7.11 Å². The zero-order valence-electron chi connectivity index (χ0n) is 7.88. The van der Waals surface area contributed by atoms with Crippen LogP contribution in [-0.2, 0) is 9.53 Å². The second-order valence-electron chi connectivity index (χ2n) is 2.69. The second-order valence-corrected chi connectivity index (χ2v) is 2.69. The minimum atomic E-state index is -0.237. The monoisotopic (exact) mass is 184 g/mol. The number of nitrogens with zero attached hydrogens (tertiary/aromatic N) is 1. The van der Waals surface area contributed by atoms with Crippen LogP contribution in [0.4, 0.5) is 5.82 Å². The molecule has 0 aromatic carbocycles. The van der Waals surface area contributed by atoms with Gasteiger partial charge in [-0.05, 0) is 13.8 Å². The highest BCUT2D eigenvalue weighted by molar-refractivity contribution is 5.91. The third-order valence-electron chi connectivity index (χ3n) is 1.69. The first-order chi connectivity index (χ1) is 6.15. The van der Waals surface area contributed by atoms with Crippen LogP contribution in [0.3, 0.4) is 0 Å². The number of carbonyl (C=O) groups is 1. The van der Waals surface area contributed by atoms with Crippen LogP contribution in [0.25, 0.3) is 0 Å². The second kappa shape index (κ2) is 4.04. The van der Waals surface area contributed by atoms with Gasteiger partial charge in [-0.3, -0.25) is 4.79 Å². The molecule has 0 aliphatic heterocycles. The number of hydrogen-bond donors (Lipinski definition) is 1. The highest BCUT2D eigenvalue weighted by Gasteiger charge is 2.10. The van der Waals surface area contributed by atoms with Crippen LogP contribution in [0.1, 0.15) is 11.3 Å². The summed E-state index contributed by atoms with van der Waals surface area (Å²) in [6, 6.07) is 0. The first-order valence-corrected chi connectivity index (χ1v) is 3.86. The highest BCUT2D eigenvalue weighted by Crippen LogP contribution is 2.15. The van der Waals surface area contributed by atoms with Gasteiger partial charge < -0.3 is 14.6 Å². The Kier molecular flexibility index (Phi) is 3.02. The van der Waals surface area contributed by atoms with Crippen molar-refractivity contribution in [3.8, 4) is 0 Å². The van der Waals surface area contributed by atoms with E-state index >= 15 is 0 Å². The molecule has 13 heavy (non-hydrogen) atoms. The van der Waals surface area contributed by atoms with Crippen LogP contribution in [0.15, 0.2) is 4.52 Å². The van der Waals surface area contributed by atoms with E-state index in [0.29, 0.717) is 11.6 Å². The molecular formula is C8H12N2O3. The largest absolute Gasteiger partial charge is 0.375 e. The van der Waals surface area contributed by atoms with Gasteiger partial charge in [-0.25, -0.2) is 0 Å². The first-order valence-electron chi connectivity index (χ1n) is 3.86. The number of nitrogens with one attached hydrogen (secondary N) is 1. The summed E-state index contributed by atoms with van der Waals surface area (Å²) in [5.41, 5.74) is 0.837. The molecule has 5 nitrogen and oxygen atoms in total. The fraction of sp³-hybridized carbons (Fsp3) is 0.500. The Bertz CT molecular complexity index is 306. The van der Waals surface area contributed by atoms with Crippen molar-refractivity contribution < 1.29 is 14.1 Å². The maximum Gasteiger partial charge on any atom is 0.251 e. The molecular weight excluding hydrogens is 172 g/mol. The van der Waals surface area contributed by atoms with Crippen molar-refractivity contribution in [3.63, 3.8) is 0 Å². The van der Waals surface area contributed by atoms with E-state index in [9.17, 15) is 4.79 Å². The van der Waals surface area contributed by atoms with Crippen LogP contribution in [0, 0.1) is 13.8 Å². The number of amides is 1. The van der Waals surface area contributed by atoms with Crippen LogP contribution in [-0.4, -0.2) is 24.8 Å². The van der Waals surface area contributed by atoms with Crippen LogP contribution < -0.4 is 5.32 Å². The van der Waals surface area contributed by atoms with E-state index in [1.54, 1.807) is 6.92 Å². The molecule has 0 bridgehead atoms. The zero-order chi connectivity index (χ0) is 9.84. The topological polar surface area (TPSA) is 64.4 Å². The molecule has 0 unspecified atom stereocenters. The minimum absolute atomic E-state index is 0.0192. The maximum atomic E-state index is 11.1. The van der Waals surface area contributed by atoms with Gasteiger partial charge in [0.05, 0.1) is 0 Å². The van der Waals surface area contributed by atoms with E-state index in [1.807, 2.05) is 6.92 Å². The van der Waals surface area contributed by atoms with E-state index in [0.717, 1.165) is 5.56 Å². The number of aryl methyl sites for hydroxylation is 1. The molecule has 5 heteroatoms. The summed E-state index contributed by atoms with van der Waals surface area (Å²) < 4.78 is 9.52. The predicted octanol–water partition coefficient (Wildman–Crippen LogP) is 0.876. The molecule has 0 saturated carbocycles. The highest BCUT2D eigenvalue weighted by atomic mass is 16.5. The Labute approximate surface area is 76.0 Å². The number of hydrogen-bond acceptors (Lipinski definition) is 4. The quantitative estimate of drug-likeness (QED) is 0.757. The van der Waals surface area contributed by atoms with E-state index < -0.39 is 0 Å². The summed E-state index contributed by atoms with van der Waals surface area (Å²) >= 11 is 0. The number of ether oxygens (including phenoxy) is 1. The first kappa shape index (κ1) is 9.73. The Balaban J connectivity index is 2.64. The molecule has 0 atom stereocenters. The van der Waals surface area contributed by atoms with Gasteiger partial charge in [0.2, 0.25) is 0 Å². The van der Waals surface area contributed by atoms with Gasteiger partial charge in [0.1, 0.15) is 12.4 Å². The van der Waals surface area contributed by atoms with Crippen molar-refractivity contribution in [1.29, 1.82) is 0 Å². The third-order valence-corrected chi connectivity index (χ3v) is 1.69. The molecule has 0 spiro atoms. The van der Waals surface area contributed by atoms with Crippen molar-refractivity contribution >= 4 is 11.7 Å². The molecule has 0 aliphatic carbocycles. The van der Waals surface area contributed by atoms with Gasteiger partial charge in [-0.1, -0.05) is 5.16 Å². The number of anilines is 1. The Morgan fingerprint density at radius 2 is 2.31 bits per heavy atom.